The van der Waals surface area contributed by atoms with Gasteiger partial charge >= 0.3 is 0 Å². The third kappa shape index (κ3) is 4.59. The maximum atomic E-state index is 13.2. The monoisotopic (exact) mass is 521 g/mol. The molecule has 0 radical (unpaired) electrons. The molecule has 210 valence electrons. The summed E-state index contributed by atoms with van der Waals surface area (Å²) in [4.78, 5) is 21.8. The van der Waals surface area contributed by atoms with E-state index in [1.54, 1.807) is 0 Å². The summed E-state index contributed by atoms with van der Waals surface area (Å²) in [5.74, 6) is 5.12. The zero-order valence-corrected chi connectivity index (χ0v) is 24.2. The highest BCUT2D eigenvalue weighted by Gasteiger charge is 2.60. The Bertz CT molecular complexity index is 978. The van der Waals surface area contributed by atoms with Crippen molar-refractivity contribution in [3.8, 4) is 0 Å². The number of aliphatic hydroxyl groups is 1. The summed E-state index contributed by atoms with van der Waals surface area (Å²) < 4.78 is 0. The van der Waals surface area contributed by atoms with Crippen molar-refractivity contribution in [2.45, 2.75) is 97.5 Å². The lowest BCUT2D eigenvalue weighted by atomic mass is 9.44. The number of fused-ring (bicyclic) bond motifs is 5. The number of nitrogens with zero attached hydrogens (tertiary/aromatic N) is 3. The lowest BCUT2D eigenvalue weighted by Crippen LogP contribution is -2.54. The average Bonchev–Trinajstić information content (AvgIpc) is 3.30. The number of anilines is 1. The van der Waals surface area contributed by atoms with Crippen molar-refractivity contribution in [3.63, 3.8) is 0 Å². The summed E-state index contributed by atoms with van der Waals surface area (Å²) in [5, 5.41) is 10.3. The van der Waals surface area contributed by atoms with Crippen LogP contribution in [0.1, 0.15) is 91.4 Å². The van der Waals surface area contributed by atoms with E-state index in [9.17, 15) is 9.90 Å². The fourth-order valence-corrected chi connectivity index (χ4v) is 10.7. The number of rotatable bonds is 5. The quantitative estimate of drug-likeness (QED) is 0.504. The molecule has 2 heterocycles. The highest BCUT2D eigenvalue weighted by Crippen LogP contribution is 2.68. The highest BCUT2D eigenvalue weighted by atomic mass is 16.3. The molecule has 1 amide bonds. The third-order valence-corrected chi connectivity index (χ3v) is 12.9. The maximum absolute atomic E-state index is 13.2. The number of carbonyl (C=O) groups excluding carboxylic acids is 1. The third-order valence-electron chi connectivity index (χ3n) is 12.9. The van der Waals surface area contributed by atoms with Crippen LogP contribution in [0.3, 0.4) is 0 Å². The summed E-state index contributed by atoms with van der Waals surface area (Å²) in [7, 11) is 0. The molecule has 1 saturated heterocycles. The Balaban J connectivity index is 1.03. The maximum Gasteiger partial charge on any atom is 0.222 e. The number of pyridine rings is 1. The molecule has 38 heavy (non-hydrogen) atoms. The molecule has 1 N–H and O–H groups in total. The van der Waals surface area contributed by atoms with Gasteiger partial charge in [-0.1, -0.05) is 20.8 Å². The van der Waals surface area contributed by atoms with Gasteiger partial charge in [-0.3, -0.25) is 9.78 Å². The number of aliphatic hydroxyl groups excluding tert-OH is 1. The van der Waals surface area contributed by atoms with E-state index in [-0.39, 0.29) is 6.10 Å². The minimum atomic E-state index is -0.0526. The summed E-state index contributed by atoms with van der Waals surface area (Å²) in [6.07, 6.45) is 17.0. The Hall–Kier alpha value is -1.62. The first kappa shape index (κ1) is 26.6. The number of hydrogen-bond donors (Lipinski definition) is 1. The molecule has 1 aliphatic heterocycles. The minimum Gasteiger partial charge on any atom is -0.393 e. The van der Waals surface area contributed by atoms with E-state index in [2.05, 4.69) is 47.7 Å². The molecule has 4 aliphatic carbocycles. The van der Waals surface area contributed by atoms with Crippen LogP contribution in [0.25, 0.3) is 0 Å². The Labute approximate surface area is 230 Å². The van der Waals surface area contributed by atoms with E-state index < -0.39 is 0 Å². The summed E-state index contributed by atoms with van der Waals surface area (Å²) >= 11 is 0. The van der Waals surface area contributed by atoms with E-state index in [0.717, 1.165) is 75.0 Å². The van der Waals surface area contributed by atoms with E-state index in [4.69, 9.17) is 0 Å². The van der Waals surface area contributed by atoms with Gasteiger partial charge in [0.15, 0.2) is 0 Å². The summed E-state index contributed by atoms with van der Waals surface area (Å²) in [6.45, 7) is 11.2. The first-order valence-electron chi connectivity index (χ1n) is 15.9. The first-order chi connectivity index (χ1) is 18.3. The number of amides is 1. The second kappa shape index (κ2) is 10.4. The topological polar surface area (TPSA) is 56.7 Å². The van der Waals surface area contributed by atoms with Crippen LogP contribution in [0.15, 0.2) is 24.5 Å². The SMILES string of the molecule is C[C@H](CCC(=O)N1CCN(c2ccncc2)CC1)[C@H]1CC[C@H]2[C@@H]3CC[C@H]4C[C@@H](O)CC[C@]4(C)[C@H]3CC[C@]12C. The van der Waals surface area contributed by atoms with Crippen LogP contribution in [0.2, 0.25) is 0 Å². The molecule has 5 fully saturated rings. The summed E-state index contributed by atoms with van der Waals surface area (Å²) in [6, 6.07) is 4.13. The molecule has 0 aromatic carbocycles. The Morgan fingerprint density at radius 1 is 0.974 bits per heavy atom. The van der Waals surface area contributed by atoms with Gasteiger partial charge in [-0.15, -0.1) is 0 Å². The van der Waals surface area contributed by atoms with Gasteiger partial charge in [0.25, 0.3) is 0 Å². The minimum absolute atomic E-state index is 0.0526. The van der Waals surface area contributed by atoms with Crippen LogP contribution in [-0.2, 0) is 4.79 Å². The molecular formula is C33H51N3O2. The largest absolute Gasteiger partial charge is 0.393 e. The standard InChI is InChI=1S/C33H51N3O2/c1-23(4-9-31(38)36-20-18-35(19-21-36)25-12-16-34-17-13-25)28-7-8-29-27-6-5-24-22-26(37)10-14-32(24,2)30(27)11-15-33(28,29)3/h12-13,16-17,23-24,26-30,37H,4-11,14-15,18-22H2,1-3H3/t23-,24+,26+,27+,28-,29+,30+,32+,33-/m1/s1. The molecule has 5 heteroatoms. The fraction of sp³-hybridized carbons (Fsp3) is 0.818. The van der Waals surface area contributed by atoms with Crippen molar-refractivity contribution in [1.82, 2.24) is 9.88 Å². The Morgan fingerprint density at radius 2 is 1.68 bits per heavy atom. The van der Waals surface area contributed by atoms with Gasteiger partial charge in [0.1, 0.15) is 0 Å². The molecule has 6 rings (SSSR count). The molecule has 5 nitrogen and oxygen atoms in total. The van der Waals surface area contributed by atoms with Gasteiger partial charge in [0.05, 0.1) is 6.10 Å². The lowest BCUT2D eigenvalue weighted by Gasteiger charge is -2.61. The van der Waals surface area contributed by atoms with Crippen LogP contribution in [-0.4, -0.2) is 53.2 Å². The first-order valence-corrected chi connectivity index (χ1v) is 15.9. The molecule has 0 unspecified atom stereocenters. The molecule has 0 bridgehead atoms. The molecule has 4 saturated carbocycles. The van der Waals surface area contributed by atoms with Gasteiger partial charge in [-0.2, -0.15) is 0 Å². The molecule has 0 spiro atoms. The Kier molecular flexibility index (Phi) is 7.29. The zero-order chi connectivity index (χ0) is 26.5. The van der Waals surface area contributed by atoms with E-state index in [0.29, 0.717) is 29.1 Å². The van der Waals surface area contributed by atoms with Crippen LogP contribution >= 0.6 is 0 Å². The summed E-state index contributed by atoms with van der Waals surface area (Å²) in [5.41, 5.74) is 2.13. The number of carbonyl (C=O) groups is 1. The highest BCUT2D eigenvalue weighted by molar-refractivity contribution is 5.76. The van der Waals surface area contributed by atoms with Gasteiger partial charge < -0.3 is 14.9 Å². The molecule has 1 aromatic rings. The molecule has 1 aromatic heterocycles. The number of aromatic nitrogens is 1. The van der Waals surface area contributed by atoms with Crippen LogP contribution in [0.4, 0.5) is 5.69 Å². The lowest BCUT2D eigenvalue weighted by molar-refractivity contribution is -0.133. The fourth-order valence-electron chi connectivity index (χ4n) is 10.7. The predicted molar refractivity (Wildman–Crippen MR) is 153 cm³/mol. The van der Waals surface area contributed by atoms with Crippen molar-refractivity contribution in [2.75, 3.05) is 31.1 Å². The van der Waals surface area contributed by atoms with Crippen LogP contribution in [0.5, 0.6) is 0 Å². The van der Waals surface area contributed by atoms with Crippen molar-refractivity contribution in [1.29, 1.82) is 0 Å². The van der Waals surface area contributed by atoms with E-state index in [1.807, 2.05) is 12.4 Å². The van der Waals surface area contributed by atoms with Crippen molar-refractivity contribution >= 4 is 11.6 Å². The van der Waals surface area contributed by atoms with Crippen LogP contribution < -0.4 is 4.90 Å². The predicted octanol–water partition coefficient (Wildman–Crippen LogP) is 6.17. The Morgan fingerprint density at radius 3 is 2.45 bits per heavy atom. The second-order valence-electron chi connectivity index (χ2n) is 14.4. The average molecular weight is 522 g/mol. The van der Waals surface area contributed by atoms with E-state index >= 15 is 0 Å². The van der Waals surface area contributed by atoms with Crippen LogP contribution in [0, 0.1) is 46.3 Å². The number of hydrogen-bond acceptors (Lipinski definition) is 4. The van der Waals surface area contributed by atoms with Gasteiger partial charge in [0, 0.05) is 50.7 Å². The zero-order valence-electron chi connectivity index (χ0n) is 24.2. The van der Waals surface area contributed by atoms with Crippen molar-refractivity contribution in [2.24, 2.45) is 46.3 Å². The van der Waals surface area contributed by atoms with Gasteiger partial charge in [-0.25, -0.2) is 0 Å². The second-order valence-corrected chi connectivity index (χ2v) is 14.4. The van der Waals surface area contributed by atoms with Gasteiger partial charge in [-0.05, 0) is 123 Å². The van der Waals surface area contributed by atoms with Crippen molar-refractivity contribution < 1.29 is 9.90 Å². The normalized spacial score (nSPS) is 41.7. The number of piperazine rings is 1. The van der Waals surface area contributed by atoms with Gasteiger partial charge in [0.2, 0.25) is 5.91 Å². The molecule has 9 atom stereocenters. The smallest absolute Gasteiger partial charge is 0.222 e. The molecule has 5 aliphatic rings. The van der Waals surface area contributed by atoms with E-state index in [1.165, 1.54) is 50.6 Å². The molecular weight excluding hydrogens is 470 g/mol. The van der Waals surface area contributed by atoms with Crippen molar-refractivity contribution in [3.05, 3.63) is 24.5 Å².